The predicted molar refractivity (Wildman–Crippen MR) is 62.8 cm³/mol. The van der Waals surface area contributed by atoms with E-state index in [-0.39, 0.29) is 6.54 Å². The van der Waals surface area contributed by atoms with Crippen molar-refractivity contribution in [3.8, 4) is 0 Å². The van der Waals surface area contributed by atoms with Gasteiger partial charge in [0, 0.05) is 4.88 Å². The van der Waals surface area contributed by atoms with Gasteiger partial charge in [-0.25, -0.2) is 0 Å². The molecular formula is C9H10BrF3N2OS. The molecule has 0 aliphatic carbocycles. The van der Waals surface area contributed by atoms with Crippen molar-refractivity contribution in [2.24, 2.45) is 0 Å². The van der Waals surface area contributed by atoms with Crippen LogP contribution in [0, 0.1) is 0 Å². The molecule has 0 aromatic carbocycles. The highest BCUT2D eigenvalue weighted by Gasteiger charge is 2.26. The van der Waals surface area contributed by atoms with Crippen LogP contribution < -0.4 is 10.6 Å². The van der Waals surface area contributed by atoms with E-state index in [0.717, 1.165) is 8.66 Å². The van der Waals surface area contributed by atoms with Crippen LogP contribution >= 0.6 is 27.3 Å². The second kappa shape index (κ2) is 6.36. The van der Waals surface area contributed by atoms with Crippen LogP contribution in [0.4, 0.5) is 13.2 Å². The van der Waals surface area contributed by atoms with Gasteiger partial charge in [-0.2, -0.15) is 13.2 Å². The monoisotopic (exact) mass is 330 g/mol. The van der Waals surface area contributed by atoms with Crippen molar-refractivity contribution in [1.29, 1.82) is 0 Å². The van der Waals surface area contributed by atoms with Crippen LogP contribution in [-0.4, -0.2) is 25.2 Å². The molecule has 0 unspecified atom stereocenters. The van der Waals surface area contributed by atoms with Crippen molar-refractivity contribution in [3.63, 3.8) is 0 Å². The molecule has 96 valence electrons. The molecule has 1 amide bonds. The highest BCUT2D eigenvalue weighted by atomic mass is 79.9. The molecule has 0 atom stereocenters. The van der Waals surface area contributed by atoms with Crippen molar-refractivity contribution in [3.05, 3.63) is 20.8 Å². The number of hydrogen-bond donors (Lipinski definition) is 2. The summed E-state index contributed by atoms with van der Waals surface area (Å²) in [6, 6.07) is 3.67. The lowest BCUT2D eigenvalue weighted by Gasteiger charge is -2.08. The van der Waals surface area contributed by atoms with Gasteiger partial charge in [0.2, 0.25) is 5.91 Å². The number of hydrogen-bond acceptors (Lipinski definition) is 3. The average molecular weight is 331 g/mol. The summed E-state index contributed by atoms with van der Waals surface area (Å²) in [4.78, 5) is 12.1. The SMILES string of the molecule is O=C(CNCC(F)(F)F)NCc1ccc(Br)s1. The first-order valence-corrected chi connectivity index (χ1v) is 6.26. The van der Waals surface area contributed by atoms with Crippen molar-refractivity contribution in [1.82, 2.24) is 10.6 Å². The topological polar surface area (TPSA) is 41.1 Å². The summed E-state index contributed by atoms with van der Waals surface area (Å²) >= 11 is 4.73. The number of alkyl halides is 3. The van der Waals surface area contributed by atoms with Crippen molar-refractivity contribution in [2.75, 3.05) is 13.1 Å². The number of halogens is 4. The Kier molecular flexibility index (Phi) is 5.41. The van der Waals surface area contributed by atoms with Crippen molar-refractivity contribution < 1.29 is 18.0 Å². The Bertz CT molecular complexity index is 381. The van der Waals surface area contributed by atoms with E-state index in [1.165, 1.54) is 11.3 Å². The number of amides is 1. The van der Waals surface area contributed by atoms with Crippen LogP contribution in [0.15, 0.2) is 15.9 Å². The van der Waals surface area contributed by atoms with E-state index < -0.39 is 18.6 Å². The highest BCUT2D eigenvalue weighted by molar-refractivity contribution is 9.11. The van der Waals surface area contributed by atoms with E-state index in [1.54, 1.807) is 0 Å². The fraction of sp³-hybridized carbons (Fsp3) is 0.444. The summed E-state index contributed by atoms with van der Waals surface area (Å²) in [5.74, 6) is -0.459. The van der Waals surface area contributed by atoms with Crippen LogP contribution in [0.25, 0.3) is 0 Å². The summed E-state index contributed by atoms with van der Waals surface area (Å²) in [7, 11) is 0. The molecule has 17 heavy (non-hydrogen) atoms. The Morgan fingerprint density at radius 2 is 2.12 bits per heavy atom. The van der Waals surface area contributed by atoms with E-state index in [4.69, 9.17) is 0 Å². The standard InChI is InChI=1S/C9H10BrF3N2OS/c10-7-2-1-6(17-7)3-15-8(16)4-14-5-9(11,12)13/h1-2,14H,3-5H2,(H,15,16). The highest BCUT2D eigenvalue weighted by Crippen LogP contribution is 2.21. The van der Waals surface area contributed by atoms with E-state index in [2.05, 4.69) is 21.2 Å². The molecule has 0 fully saturated rings. The van der Waals surface area contributed by atoms with E-state index in [1.807, 2.05) is 17.4 Å². The second-order valence-corrected chi connectivity index (χ2v) is 5.75. The molecule has 1 aromatic heterocycles. The summed E-state index contributed by atoms with van der Waals surface area (Å²) in [6.45, 7) is -1.18. The Morgan fingerprint density at radius 3 is 2.65 bits per heavy atom. The Balaban J connectivity index is 2.18. The van der Waals surface area contributed by atoms with Gasteiger partial charge in [0.25, 0.3) is 0 Å². The molecule has 0 saturated heterocycles. The summed E-state index contributed by atoms with van der Waals surface area (Å²) < 4.78 is 36.2. The van der Waals surface area contributed by atoms with E-state index in [0.29, 0.717) is 6.54 Å². The minimum Gasteiger partial charge on any atom is -0.350 e. The molecule has 1 aromatic rings. The van der Waals surface area contributed by atoms with Gasteiger partial charge in [0.15, 0.2) is 0 Å². The maximum Gasteiger partial charge on any atom is 0.401 e. The second-order valence-electron chi connectivity index (χ2n) is 3.20. The van der Waals surface area contributed by atoms with Crippen molar-refractivity contribution in [2.45, 2.75) is 12.7 Å². The van der Waals surface area contributed by atoms with Crippen LogP contribution in [0.2, 0.25) is 0 Å². The molecular weight excluding hydrogens is 321 g/mol. The lowest BCUT2D eigenvalue weighted by Crippen LogP contribution is -2.37. The normalized spacial score (nSPS) is 11.5. The quantitative estimate of drug-likeness (QED) is 0.869. The fourth-order valence-corrected chi connectivity index (χ4v) is 2.44. The zero-order chi connectivity index (χ0) is 12.9. The minimum absolute atomic E-state index is 0.322. The Hall–Kier alpha value is -0.600. The molecule has 1 heterocycles. The number of carbonyl (C=O) groups is 1. The molecule has 2 N–H and O–H groups in total. The first-order valence-electron chi connectivity index (χ1n) is 4.65. The summed E-state index contributed by atoms with van der Waals surface area (Å²) in [5, 5.41) is 4.54. The number of thiophene rings is 1. The van der Waals surface area contributed by atoms with Gasteiger partial charge in [0.1, 0.15) is 0 Å². The summed E-state index contributed by atoms with van der Waals surface area (Å²) in [6.07, 6.45) is -4.29. The van der Waals surface area contributed by atoms with Gasteiger partial charge in [-0.1, -0.05) is 0 Å². The Morgan fingerprint density at radius 1 is 1.41 bits per heavy atom. The molecule has 1 rings (SSSR count). The number of rotatable bonds is 5. The largest absolute Gasteiger partial charge is 0.401 e. The maximum atomic E-state index is 11.8. The fourth-order valence-electron chi connectivity index (χ4n) is 1.01. The summed E-state index contributed by atoms with van der Waals surface area (Å²) in [5.41, 5.74) is 0. The molecule has 0 spiro atoms. The first-order chi connectivity index (χ1) is 7.87. The zero-order valence-electron chi connectivity index (χ0n) is 8.60. The molecule has 8 heteroatoms. The van der Waals surface area contributed by atoms with Crippen LogP contribution in [0.1, 0.15) is 4.88 Å². The molecule has 0 aliphatic rings. The van der Waals surface area contributed by atoms with Gasteiger partial charge >= 0.3 is 6.18 Å². The lowest BCUT2D eigenvalue weighted by molar-refractivity contribution is -0.128. The molecule has 3 nitrogen and oxygen atoms in total. The number of nitrogens with one attached hydrogen (secondary N) is 2. The van der Waals surface area contributed by atoms with Crippen LogP contribution in [0.5, 0.6) is 0 Å². The molecule has 0 aliphatic heterocycles. The van der Waals surface area contributed by atoms with Crippen LogP contribution in [-0.2, 0) is 11.3 Å². The van der Waals surface area contributed by atoms with Gasteiger partial charge in [-0.15, -0.1) is 11.3 Å². The predicted octanol–water partition coefficient (Wildman–Crippen LogP) is 2.28. The number of carbonyl (C=O) groups excluding carboxylic acids is 1. The first kappa shape index (κ1) is 14.5. The molecule has 0 saturated carbocycles. The maximum absolute atomic E-state index is 11.8. The minimum atomic E-state index is -4.29. The van der Waals surface area contributed by atoms with Gasteiger partial charge in [-0.3, -0.25) is 4.79 Å². The Labute approximate surface area is 109 Å². The smallest absolute Gasteiger partial charge is 0.350 e. The van der Waals surface area contributed by atoms with E-state index in [9.17, 15) is 18.0 Å². The van der Waals surface area contributed by atoms with Crippen molar-refractivity contribution >= 4 is 33.2 Å². The lowest BCUT2D eigenvalue weighted by atomic mass is 10.4. The average Bonchev–Trinajstić information content (AvgIpc) is 2.59. The zero-order valence-corrected chi connectivity index (χ0v) is 11.0. The van der Waals surface area contributed by atoms with E-state index >= 15 is 0 Å². The van der Waals surface area contributed by atoms with Gasteiger partial charge < -0.3 is 10.6 Å². The third-order valence-corrected chi connectivity index (χ3v) is 3.32. The third-order valence-electron chi connectivity index (χ3n) is 1.70. The molecule has 0 radical (unpaired) electrons. The van der Waals surface area contributed by atoms with Gasteiger partial charge in [0.05, 0.1) is 23.4 Å². The van der Waals surface area contributed by atoms with Gasteiger partial charge in [-0.05, 0) is 28.1 Å². The van der Waals surface area contributed by atoms with Crippen LogP contribution in [0.3, 0.4) is 0 Å². The molecule has 0 bridgehead atoms. The third kappa shape index (κ3) is 6.64.